The molecule has 1 aliphatic rings. The van der Waals surface area contributed by atoms with Gasteiger partial charge in [0.1, 0.15) is 0 Å². The summed E-state index contributed by atoms with van der Waals surface area (Å²) in [6.07, 6.45) is 0. The van der Waals surface area contributed by atoms with E-state index in [2.05, 4.69) is 34.7 Å². The van der Waals surface area contributed by atoms with E-state index in [9.17, 15) is 4.79 Å². The van der Waals surface area contributed by atoms with Gasteiger partial charge in [0, 0.05) is 17.4 Å². The van der Waals surface area contributed by atoms with Crippen LogP contribution in [0.1, 0.15) is 21.6 Å². The Hall–Kier alpha value is -3.61. The molecule has 0 atom stereocenters. The van der Waals surface area contributed by atoms with Crippen LogP contribution >= 0.6 is 0 Å². The number of nitrogens with zero attached hydrogens (tertiary/aromatic N) is 2. The highest BCUT2D eigenvalue weighted by atomic mass is 16.7. The maximum atomic E-state index is 12.4. The van der Waals surface area contributed by atoms with Gasteiger partial charge in [-0.3, -0.25) is 4.79 Å². The number of aryl methyl sites for hydroxylation is 2. The maximum absolute atomic E-state index is 12.4. The average Bonchev–Trinajstić information content (AvgIpc) is 3.13. The number of carbonyl (C=O) groups excluding carboxylic acids is 1. The van der Waals surface area contributed by atoms with Gasteiger partial charge in [-0.1, -0.05) is 6.07 Å². The third-order valence-electron chi connectivity index (χ3n) is 4.31. The monoisotopic (exact) mass is 362 g/mol. The number of ether oxygens (including phenoxy) is 2. The SMILES string of the molecule is Cc1ccc(Nc2ccc(C(=O)Nc3ccc4c(c3)OCO4)nn2)cc1C. The first-order chi connectivity index (χ1) is 13.1. The fourth-order valence-corrected chi connectivity index (χ4v) is 2.66. The topological polar surface area (TPSA) is 85.4 Å². The minimum absolute atomic E-state index is 0.188. The van der Waals surface area contributed by atoms with E-state index in [0.29, 0.717) is 23.0 Å². The van der Waals surface area contributed by atoms with Gasteiger partial charge in [0.2, 0.25) is 6.79 Å². The van der Waals surface area contributed by atoms with Crippen LogP contribution in [-0.4, -0.2) is 22.9 Å². The van der Waals surface area contributed by atoms with E-state index in [1.54, 1.807) is 30.3 Å². The second kappa shape index (κ2) is 6.95. The minimum atomic E-state index is -0.348. The van der Waals surface area contributed by atoms with E-state index in [-0.39, 0.29) is 18.4 Å². The van der Waals surface area contributed by atoms with Crippen molar-refractivity contribution in [1.82, 2.24) is 10.2 Å². The summed E-state index contributed by atoms with van der Waals surface area (Å²) in [5.74, 6) is 1.48. The third kappa shape index (κ3) is 3.67. The van der Waals surface area contributed by atoms with Crippen LogP contribution < -0.4 is 20.1 Å². The largest absolute Gasteiger partial charge is 0.454 e. The van der Waals surface area contributed by atoms with Crippen LogP contribution in [0.2, 0.25) is 0 Å². The van der Waals surface area contributed by atoms with Crippen molar-refractivity contribution in [3.05, 3.63) is 65.4 Å². The molecule has 4 rings (SSSR count). The second-order valence-corrected chi connectivity index (χ2v) is 6.25. The maximum Gasteiger partial charge on any atom is 0.276 e. The predicted octanol–water partition coefficient (Wildman–Crippen LogP) is 3.82. The van der Waals surface area contributed by atoms with Crippen LogP contribution in [0, 0.1) is 13.8 Å². The lowest BCUT2D eigenvalue weighted by atomic mass is 10.1. The Morgan fingerprint density at radius 2 is 1.70 bits per heavy atom. The van der Waals surface area contributed by atoms with Crippen molar-refractivity contribution in [1.29, 1.82) is 0 Å². The highest BCUT2D eigenvalue weighted by Crippen LogP contribution is 2.34. The van der Waals surface area contributed by atoms with Crippen LogP contribution in [0.5, 0.6) is 11.5 Å². The molecule has 1 amide bonds. The van der Waals surface area contributed by atoms with Crippen molar-refractivity contribution in [2.24, 2.45) is 0 Å². The van der Waals surface area contributed by atoms with Crippen LogP contribution in [0.25, 0.3) is 0 Å². The normalized spacial score (nSPS) is 11.9. The fraction of sp³-hybridized carbons (Fsp3) is 0.150. The summed E-state index contributed by atoms with van der Waals surface area (Å²) in [6.45, 7) is 4.30. The number of anilines is 3. The molecule has 0 bridgehead atoms. The number of aromatic nitrogens is 2. The molecular weight excluding hydrogens is 344 g/mol. The lowest BCUT2D eigenvalue weighted by molar-refractivity contribution is 0.102. The summed E-state index contributed by atoms with van der Waals surface area (Å²) in [4.78, 5) is 12.4. The highest BCUT2D eigenvalue weighted by molar-refractivity contribution is 6.03. The number of carbonyl (C=O) groups is 1. The molecule has 7 nitrogen and oxygen atoms in total. The number of hydrogen-bond acceptors (Lipinski definition) is 6. The molecule has 7 heteroatoms. The lowest BCUT2D eigenvalue weighted by Crippen LogP contribution is -2.14. The quantitative estimate of drug-likeness (QED) is 0.734. The molecule has 136 valence electrons. The van der Waals surface area contributed by atoms with Crippen molar-refractivity contribution < 1.29 is 14.3 Å². The first kappa shape index (κ1) is 16.8. The molecular formula is C20H18N4O3. The first-order valence-electron chi connectivity index (χ1n) is 8.47. The highest BCUT2D eigenvalue weighted by Gasteiger charge is 2.15. The molecule has 0 saturated heterocycles. The summed E-state index contributed by atoms with van der Waals surface area (Å²) in [5.41, 5.74) is 4.15. The molecule has 0 spiro atoms. The fourth-order valence-electron chi connectivity index (χ4n) is 2.66. The Bertz CT molecular complexity index is 1000. The molecule has 2 heterocycles. The van der Waals surface area contributed by atoms with Gasteiger partial charge in [0.05, 0.1) is 0 Å². The molecule has 2 aromatic carbocycles. The molecule has 0 radical (unpaired) electrons. The molecule has 0 aliphatic carbocycles. The van der Waals surface area contributed by atoms with Gasteiger partial charge in [-0.25, -0.2) is 0 Å². The number of fused-ring (bicyclic) bond motifs is 1. The van der Waals surface area contributed by atoms with Crippen molar-refractivity contribution in [3.8, 4) is 11.5 Å². The van der Waals surface area contributed by atoms with Crippen molar-refractivity contribution in [2.45, 2.75) is 13.8 Å². The molecule has 27 heavy (non-hydrogen) atoms. The van der Waals surface area contributed by atoms with Gasteiger partial charge in [-0.05, 0) is 61.4 Å². The Kier molecular flexibility index (Phi) is 4.33. The van der Waals surface area contributed by atoms with Gasteiger partial charge >= 0.3 is 0 Å². The lowest BCUT2D eigenvalue weighted by Gasteiger charge is -2.08. The summed E-state index contributed by atoms with van der Waals surface area (Å²) in [5, 5.41) is 14.0. The second-order valence-electron chi connectivity index (χ2n) is 6.25. The van der Waals surface area contributed by atoms with Gasteiger partial charge in [0.15, 0.2) is 23.0 Å². The zero-order valence-electron chi connectivity index (χ0n) is 14.9. The Morgan fingerprint density at radius 3 is 2.48 bits per heavy atom. The van der Waals surface area contributed by atoms with E-state index in [1.165, 1.54) is 11.1 Å². The zero-order chi connectivity index (χ0) is 18.8. The minimum Gasteiger partial charge on any atom is -0.454 e. The number of rotatable bonds is 4. The molecule has 0 saturated carbocycles. The van der Waals surface area contributed by atoms with Gasteiger partial charge in [-0.15, -0.1) is 10.2 Å². The summed E-state index contributed by atoms with van der Waals surface area (Å²) >= 11 is 0. The van der Waals surface area contributed by atoms with Crippen LogP contribution in [-0.2, 0) is 0 Å². The van der Waals surface area contributed by atoms with E-state index >= 15 is 0 Å². The summed E-state index contributed by atoms with van der Waals surface area (Å²) in [7, 11) is 0. The van der Waals surface area contributed by atoms with Gasteiger partial charge in [-0.2, -0.15) is 0 Å². The number of benzene rings is 2. The van der Waals surface area contributed by atoms with E-state index < -0.39 is 0 Å². The Balaban J connectivity index is 1.43. The predicted molar refractivity (Wildman–Crippen MR) is 102 cm³/mol. The molecule has 3 aromatic rings. The van der Waals surface area contributed by atoms with Gasteiger partial charge < -0.3 is 20.1 Å². The zero-order valence-corrected chi connectivity index (χ0v) is 14.9. The summed E-state index contributed by atoms with van der Waals surface area (Å²) in [6, 6.07) is 14.6. The van der Waals surface area contributed by atoms with Crippen molar-refractivity contribution in [2.75, 3.05) is 17.4 Å². The van der Waals surface area contributed by atoms with Crippen LogP contribution in [0.3, 0.4) is 0 Å². The smallest absolute Gasteiger partial charge is 0.276 e. The van der Waals surface area contributed by atoms with Crippen LogP contribution in [0.4, 0.5) is 17.2 Å². The third-order valence-corrected chi connectivity index (χ3v) is 4.31. The van der Waals surface area contributed by atoms with E-state index in [4.69, 9.17) is 9.47 Å². The summed E-state index contributed by atoms with van der Waals surface area (Å²) < 4.78 is 10.6. The number of amides is 1. The standard InChI is InChI=1S/C20H18N4O3/c1-12-3-4-14(9-13(12)2)21-19-8-6-16(23-24-19)20(25)22-15-5-7-17-18(10-15)27-11-26-17/h3-10H,11H2,1-2H3,(H,21,24)(H,22,25). The van der Waals surface area contributed by atoms with E-state index in [1.807, 2.05) is 18.2 Å². The van der Waals surface area contributed by atoms with Gasteiger partial charge in [0.25, 0.3) is 5.91 Å². The molecule has 2 N–H and O–H groups in total. The Morgan fingerprint density at radius 1 is 0.889 bits per heavy atom. The molecule has 0 fully saturated rings. The van der Waals surface area contributed by atoms with Crippen molar-refractivity contribution >= 4 is 23.1 Å². The Labute approximate surface area is 156 Å². The number of hydrogen-bond donors (Lipinski definition) is 2. The molecule has 1 aromatic heterocycles. The number of nitrogens with one attached hydrogen (secondary N) is 2. The van der Waals surface area contributed by atoms with Crippen LogP contribution in [0.15, 0.2) is 48.5 Å². The molecule has 0 unspecified atom stereocenters. The average molecular weight is 362 g/mol. The van der Waals surface area contributed by atoms with Crippen molar-refractivity contribution in [3.63, 3.8) is 0 Å². The first-order valence-corrected chi connectivity index (χ1v) is 8.47. The molecule has 1 aliphatic heterocycles. The van der Waals surface area contributed by atoms with E-state index in [0.717, 1.165) is 5.69 Å².